The minimum absolute atomic E-state index is 0.731. The van der Waals surface area contributed by atoms with Crippen LogP contribution in [0.2, 0.25) is 0 Å². The molecule has 0 aliphatic carbocycles. The molecule has 0 saturated heterocycles. The van der Waals surface area contributed by atoms with Gasteiger partial charge in [0, 0.05) is 79.6 Å². The summed E-state index contributed by atoms with van der Waals surface area (Å²) in [7, 11) is 1.83. The van der Waals surface area contributed by atoms with Gasteiger partial charge in [0.1, 0.15) is 5.00 Å². The maximum Gasteiger partial charge on any atom is 0.159 e. The summed E-state index contributed by atoms with van der Waals surface area (Å²) in [4.78, 5) is 30.0. The minimum Gasteiger partial charge on any atom is -0.311 e. The molecule has 9 aromatic rings. The molecular formula is C45H31N7S. The van der Waals surface area contributed by atoms with Gasteiger partial charge in [-0.3, -0.25) is 9.98 Å². The monoisotopic (exact) mass is 701 g/mol. The van der Waals surface area contributed by atoms with Crippen molar-refractivity contribution in [3.8, 4) is 22.5 Å². The molecule has 8 heteroatoms. The van der Waals surface area contributed by atoms with Crippen LogP contribution in [0.4, 0.5) is 22.1 Å². The number of thiophene rings is 1. The first-order valence-corrected chi connectivity index (χ1v) is 18.0. The van der Waals surface area contributed by atoms with Crippen LogP contribution in [0, 0.1) is 0 Å². The zero-order chi connectivity index (χ0) is 35.7. The van der Waals surface area contributed by atoms with Crippen LogP contribution in [0.15, 0.2) is 168 Å². The summed E-state index contributed by atoms with van der Waals surface area (Å²) < 4.78 is 1.16. The Morgan fingerprint density at radius 3 is 1.64 bits per heavy atom. The molecule has 0 bridgehead atoms. The van der Waals surface area contributed by atoms with Crippen molar-refractivity contribution in [2.75, 3.05) is 11.9 Å². The molecule has 0 aliphatic heterocycles. The van der Waals surface area contributed by atoms with Crippen LogP contribution in [-0.2, 0) is 0 Å². The van der Waals surface area contributed by atoms with Gasteiger partial charge in [-0.05, 0) is 97.7 Å². The Kier molecular flexibility index (Phi) is 8.26. The van der Waals surface area contributed by atoms with Crippen LogP contribution in [0.1, 0.15) is 11.1 Å². The third kappa shape index (κ3) is 6.01. The predicted octanol–water partition coefficient (Wildman–Crippen LogP) is 11.4. The largest absolute Gasteiger partial charge is 0.311 e. The van der Waals surface area contributed by atoms with Crippen molar-refractivity contribution in [1.29, 1.82) is 0 Å². The Balaban J connectivity index is 1.10. The van der Waals surface area contributed by atoms with Gasteiger partial charge in [-0.25, -0.2) is 19.9 Å². The van der Waals surface area contributed by atoms with E-state index in [0.717, 1.165) is 93.6 Å². The van der Waals surface area contributed by atoms with Gasteiger partial charge in [-0.15, -0.1) is 11.3 Å². The van der Waals surface area contributed by atoms with Gasteiger partial charge in [0.2, 0.25) is 0 Å². The zero-order valence-corrected chi connectivity index (χ0v) is 29.6. The maximum absolute atomic E-state index is 4.82. The molecule has 5 heterocycles. The number of rotatable bonds is 8. The topological polar surface area (TPSA) is 79.5 Å². The molecule has 7 nitrogen and oxygen atoms in total. The molecule has 252 valence electrons. The van der Waals surface area contributed by atoms with Crippen LogP contribution < -0.4 is 4.90 Å². The quantitative estimate of drug-likeness (QED) is 0.147. The highest BCUT2D eigenvalue weighted by Gasteiger charge is 2.19. The average molecular weight is 702 g/mol. The number of hydrogen-bond donors (Lipinski definition) is 0. The molecule has 9 rings (SSSR count). The molecule has 0 saturated carbocycles. The van der Waals surface area contributed by atoms with Gasteiger partial charge in [0.05, 0.1) is 17.1 Å². The van der Waals surface area contributed by atoms with Gasteiger partial charge in [-0.2, -0.15) is 0 Å². The van der Waals surface area contributed by atoms with E-state index in [9.17, 15) is 0 Å². The molecule has 0 radical (unpaired) electrons. The van der Waals surface area contributed by atoms with Gasteiger partial charge < -0.3 is 4.90 Å². The lowest BCUT2D eigenvalue weighted by Crippen LogP contribution is -2.10. The second-order valence-corrected chi connectivity index (χ2v) is 13.5. The lowest BCUT2D eigenvalue weighted by atomic mass is 10.00. The molecule has 0 atom stereocenters. The van der Waals surface area contributed by atoms with E-state index < -0.39 is 0 Å². The molecule has 0 unspecified atom stereocenters. The second-order valence-electron chi connectivity index (χ2n) is 12.5. The summed E-state index contributed by atoms with van der Waals surface area (Å²) in [5.41, 5.74) is 11.2. The van der Waals surface area contributed by atoms with Crippen LogP contribution in [0.25, 0.3) is 54.7 Å². The summed E-state index contributed by atoms with van der Waals surface area (Å²) in [5.74, 6) is 0. The van der Waals surface area contributed by atoms with Crippen molar-refractivity contribution in [1.82, 2.24) is 19.9 Å². The Hall–Kier alpha value is -6.90. The lowest BCUT2D eigenvalue weighted by Gasteiger charge is -2.26. The van der Waals surface area contributed by atoms with Gasteiger partial charge in [0.15, 0.2) is 11.3 Å². The van der Waals surface area contributed by atoms with E-state index in [1.54, 1.807) is 23.7 Å². The smallest absolute Gasteiger partial charge is 0.159 e. The van der Waals surface area contributed by atoms with Crippen molar-refractivity contribution >= 4 is 78.0 Å². The van der Waals surface area contributed by atoms with Crippen molar-refractivity contribution < 1.29 is 0 Å². The Morgan fingerprint density at radius 1 is 0.585 bits per heavy atom. The molecule has 4 aromatic carbocycles. The number of fused-ring (bicyclic) bond motifs is 3. The van der Waals surface area contributed by atoms with Gasteiger partial charge >= 0.3 is 0 Å². The van der Waals surface area contributed by atoms with Crippen molar-refractivity contribution in [3.05, 3.63) is 169 Å². The molecule has 53 heavy (non-hydrogen) atoms. The average Bonchev–Trinajstić information content (AvgIpc) is 3.60. The van der Waals surface area contributed by atoms with E-state index in [2.05, 4.69) is 130 Å². The first-order chi connectivity index (χ1) is 26.2. The molecule has 0 N–H and O–H groups in total. The van der Waals surface area contributed by atoms with E-state index in [-0.39, 0.29) is 0 Å². The van der Waals surface area contributed by atoms with E-state index >= 15 is 0 Å². The summed E-state index contributed by atoms with van der Waals surface area (Å²) in [5, 5.41) is 4.02. The van der Waals surface area contributed by atoms with Crippen LogP contribution in [0.3, 0.4) is 0 Å². The van der Waals surface area contributed by atoms with E-state index in [0.29, 0.717) is 0 Å². The zero-order valence-electron chi connectivity index (χ0n) is 28.8. The number of nitrogens with zero attached hydrogens (tertiary/aromatic N) is 7. The Labute approximate surface area is 310 Å². The fourth-order valence-corrected chi connectivity index (χ4v) is 7.77. The highest BCUT2D eigenvalue weighted by atomic mass is 32.1. The van der Waals surface area contributed by atoms with Crippen LogP contribution in [0.5, 0.6) is 0 Å². The van der Waals surface area contributed by atoms with Crippen LogP contribution in [-0.4, -0.2) is 39.4 Å². The normalized spacial score (nSPS) is 11.7. The first kappa shape index (κ1) is 32.0. The molecule has 0 amide bonds. The van der Waals surface area contributed by atoms with Gasteiger partial charge in [0.25, 0.3) is 0 Å². The third-order valence-electron chi connectivity index (χ3n) is 9.35. The summed E-state index contributed by atoms with van der Waals surface area (Å²) >= 11 is 1.63. The number of pyridine rings is 4. The number of aromatic nitrogens is 4. The Morgan fingerprint density at radius 2 is 1.11 bits per heavy atom. The van der Waals surface area contributed by atoms with Crippen molar-refractivity contribution in [3.63, 3.8) is 0 Å². The van der Waals surface area contributed by atoms with Crippen molar-refractivity contribution in [2.24, 2.45) is 9.98 Å². The first-order valence-electron chi connectivity index (χ1n) is 17.2. The Bertz CT molecular complexity index is 2680. The second kappa shape index (κ2) is 13.7. The molecule has 0 aliphatic rings. The minimum atomic E-state index is 0.731. The summed E-state index contributed by atoms with van der Waals surface area (Å²) in [6.45, 7) is 3.86. The SMILES string of the molecule is C=Nc1sc2ccccc2c1C(=NC)c1ccc(N(c2ccc(-c3ccc4cccnc4n3)cc2)c2ccc(-c3ccc4cccnc4n3)cc2)cc1. The molecule has 5 aromatic heterocycles. The highest BCUT2D eigenvalue weighted by molar-refractivity contribution is 7.23. The van der Waals surface area contributed by atoms with E-state index in [1.165, 1.54) is 0 Å². The van der Waals surface area contributed by atoms with Crippen molar-refractivity contribution in [2.45, 2.75) is 0 Å². The molecular weight excluding hydrogens is 671 g/mol. The summed E-state index contributed by atoms with van der Waals surface area (Å²) in [6.07, 6.45) is 3.55. The number of anilines is 3. The van der Waals surface area contributed by atoms with E-state index in [1.807, 2.05) is 49.5 Å². The predicted molar refractivity (Wildman–Crippen MR) is 221 cm³/mol. The fraction of sp³-hybridized carbons (Fsp3) is 0.0222. The fourth-order valence-electron chi connectivity index (χ4n) is 6.76. The number of hydrogen-bond acceptors (Lipinski definition) is 8. The summed E-state index contributed by atoms with van der Waals surface area (Å²) in [6, 6.07) is 50.0. The van der Waals surface area contributed by atoms with Crippen LogP contribution >= 0.6 is 11.3 Å². The van der Waals surface area contributed by atoms with E-state index in [4.69, 9.17) is 15.0 Å². The number of benzene rings is 4. The maximum atomic E-state index is 4.82. The third-order valence-corrected chi connectivity index (χ3v) is 10.5. The lowest BCUT2D eigenvalue weighted by molar-refractivity contribution is 1.26. The standard InChI is InChI=1S/C45H31N7S/c1-46-42(41-37-9-3-4-10-40(37)53-45(41)47-2)31-15-23-36(24-16-31)52(34-19-11-29(12-20-34)38-25-17-32-7-5-27-48-43(32)50-38)35-21-13-30(14-22-35)39-26-18-33-8-6-28-49-44(33)51-39/h3-28H,2H2,1H3. The number of aliphatic imine (C=N–C) groups is 2. The highest BCUT2D eigenvalue weighted by Crippen LogP contribution is 2.40. The molecule has 0 fully saturated rings. The molecule has 0 spiro atoms. The van der Waals surface area contributed by atoms with Gasteiger partial charge in [-0.1, -0.05) is 54.6 Å².